The maximum atomic E-state index is 11.3. The second-order valence-electron chi connectivity index (χ2n) is 3.85. The van der Waals surface area contributed by atoms with Gasteiger partial charge in [-0.05, 0) is 25.8 Å². The van der Waals surface area contributed by atoms with Crippen LogP contribution >= 0.6 is 0 Å². The normalized spacial score (nSPS) is 12.6. The van der Waals surface area contributed by atoms with Crippen LogP contribution < -0.4 is 10.6 Å². The minimum atomic E-state index is 0.0651. The number of hydrogen-bond donors (Lipinski definition) is 2. The summed E-state index contributed by atoms with van der Waals surface area (Å²) in [6.07, 6.45) is 2.73. The van der Waals surface area contributed by atoms with Crippen molar-refractivity contribution in [1.29, 1.82) is 0 Å². The molecule has 0 radical (unpaired) electrons. The van der Waals surface area contributed by atoms with Gasteiger partial charge in [-0.2, -0.15) is 0 Å². The SMILES string of the molecule is C=CCCNCC(=O)NC(C)C(C)C. The minimum Gasteiger partial charge on any atom is -0.352 e. The van der Waals surface area contributed by atoms with E-state index < -0.39 is 0 Å². The summed E-state index contributed by atoms with van der Waals surface area (Å²) in [7, 11) is 0. The number of carbonyl (C=O) groups excluding carboxylic acids is 1. The summed E-state index contributed by atoms with van der Waals surface area (Å²) in [5, 5.41) is 5.98. The second-order valence-corrected chi connectivity index (χ2v) is 3.85. The Morgan fingerprint density at radius 1 is 1.43 bits per heavy atom. The number of nitrogens with one attached hydrogen (secondary N) is 2. The van der Waals surface area contributed by atoms with E-state index in [4.69, 9.17) is 0 Å². The van der Waals surface area contributed by atoms with Crippen LogP contribution in [-0.4, -0.2) is 25.0 Å². The van der Waals surface area contributed by atoms with Crippen molar-refractivity contribution in [2.75, 3.05) is 13.1 Å². The van der Waals surface area contributed by atoms with Crippen molar-refractivity contribution in [3.8, 4) is 0 Å². The fourth-order valence-corrected chi connectivity index (χ4v) is 0.878. The molecule has 0 rings (SSSR count). The molecule has 0 aliphatic rings. The molecule has 0 aromatic rings. The highest BCUT2D eigenvalue weighted by Crippen LogP contribution is 1.98. The summed E-state index contributed by atoms with van der Waals surface area (Å²) in [6.45, 7) is 11.0. The standard InChI is InChI=1S/C11H22N2O/c1-5-6-7-12-8-11(14)13-10(4)9(2)3/h5,9-10,12H,1,6-8H2,2-4H3,(H,13,14). The van der Waals surface area contributed by atoms with Crippen molar-refractivity contribution < 1.29 is 4.79 Å². The molecule has 0 fully saturated rings. The van der Waals surface area contributed by atoms with Crippen molar-refractivity contribution in [3.05, 3.63) is 12.7 Å². The van der Waals surface area contributed by atoms with E-state index in [0.717, 1.165) is 13.0 Å². The van der Waals surface area contributed by atoms with Gasteiger partial charge in [-0.1, -0.05) is 19.9 Å². The Hall–Kier alpha value is -0.830. The zero-order chi connectivity index (χ0) is 11.0. The molecule has 1 amide bonds. The lowest BCUT2D eigenvalue weighted by molar-refractivity contribution is -0.121. The van der Waals surface area contributed by atoms with Gasteiger partial charge >= 0.3 is 0 Å². The zero-order valence-corrected chi connectivity index (χ0v) is 9.47. The molecular weight excluding hydrogens is 176 g/mol. The number of hydrogen-bond acceptors (Lipinski definition) is 2. The summed E-state index contributed by atoms with van der Waals surface area (Å²) < 4.78 is 0. The van der Waals surface area contributed by atoms with Crippen LogP contribution in [0, 0.1) is 5.92 Å². The van der Waals surface area contributed by atoms with E-state index >= 15 is 0 Å². The summed E-state index contributed by atoms with van der Waals surface area (Å²) in [5.41, 5.74) is 0. The number of amides is 1. The third-order valence-electron chi connectivity index (χ3n) is 2.20. The van der Waals surface area contributed by atoms with Gasteiger partial charge in [0.25, 0.3) is 0 Å². The highest BCUT2D eigenvalue weighted by molar-refractivity contribution is 5.78. The molecule has 2 N–H and O–H groups in total. The molecule has 0 aliphatic heterocycles. The second kappa shape index (κ2) is 7.56. The molecule has 3 nitrogen and oxygen atoms in total. The molecule has 1 atom stereocenters. The first kappa shape index (κ1) is 13.2. The fraction of sp³-hybridized carbons (Fsp3) is 0.727. The van der Waals surface area contributed by atoms with Gasteiger partial charge in [0, 0.05) is 6.04 Å². The van der Waals surface area contributed by atoms with Gasteiger partial charge in [0.15, 0.2) is 0 Å². The van der Waals surface area contributed by atoms with E-state index in [1.165, 1.54) is 0 Å². The van der Waals surface area contributed by atoms with E-state index in [1.54, 1.807) is 0 Å². The fourth-order valence-electron chi connectivity index (χ4n) is 0.878. The average molecular weight is 198 g/mol. The van der Waals surface area contributed by atoms with Gasteiger partial charge < -0.3 is 10.6 Å². The van der Waals surface area contributed by atoms with Crippen molar-refractivity contribution in [3.63, 3.8) is 0 Å². The third-order valence-corrected chi connectivity index (χ3v) is 2.20. The quantitative estimate of drug-likeness (QED) is 0.478. The highest BCUT2D eigenvalue weighted by Gasteiger charge is 2.09. The summed E-state index contributed by atoms with van der Waals surface area (Å²) in [6, 6.07) is 0.240. The first-order valence-electron chi connectivity index (χ1n) is 5.19. The Bertz CT molecular complexity index is 178. The van der Waals surface area contributed by atoms with Crippen LogP contribution in [0.25, 0.3) is 0 Å². The lowest BCUT2D eigenvalue weighted by Gasteiger charge is -2.17. The first-order chi connectivity index (χ1) is 6.57. The predicted molar refractivity (Wildman–Crippen MR) is 60.1 cm³/mol. The molecule has 0 aliphatic carbocycles. The van der Waals surface area contributed by atoms with E-state index in [1.807, 2.05) is 13.0 Å². The predicted octanol–water partition coefficient (Wildman–Crippen LogP) is 1.31. The molecule has 0 saturated heterocycles. The van der Waals surface area contributed by atoms with Crippen LogP contribution in [0.2, 0.25) is 0 Å². The van der Waals surface area contributed by atoms with Gasteiger partial charge in [0.2, 0.25) is 5.91 Å². The van der Waals surface area contributed by atoms with Crippen LogP contribution in [0.4, 0.5) is 0 Å². The maximum Gasteiger partial charge on any atom is 0.234 e. The van der Waals surface area contributed by atoms with Gasteiger partial charge in [-0.3, -0.25) is 4.79 Å². The van der Waals surface area contributed by atoms with Gasteiger partial charge in [0.05, 0.1) is 6.54 Å². The summed E-state index contributed by atoms with van der Waals surface area (Å²) >= 11 is 0. The van der Waals surface area contributed by atoms with Crippen LogP contribution in [0.1, 0.15) is 27.2 Å². The minimum absolute atomic E-state index is 0.0651. The van der Waals surface area contributed by atoms with E-state index in [9.17, 15) is 4.79 Å². The molecular formula is C11H22N2O. The van der Waals surface area contributed by atoms with Crippen LogP contribution in [0.15, 0.2) is 12.7 Å². The smallest absolute Gasteiger partial charge is 0.234 e. The van der Waals surface area contributed by atoms with Gasteiger partial charge in [-0.15, -0.1) is 6.58 Å². The molecule has 1 unspecified atom stereocenters. The molecule has 14 heavy (non-hydrogen) atoms. The van der Waals surface area contributed by atoms with Crippen molar-refractivity contribution in [1.82, 2.24) is 10.6 Å². The van der Waals surface area contributed by atoms with E-state index in [-0.39, 0.29) is 11.9 Å². The molecule has 0 bridgehead atoms. The Balaban J connectivity index is 3.50. The lowest BCUT2D eigenvalue weighted by Crippen LogP contribution is -2.41. The lowest BCUT2D eigenvalue weighted by atomic mass is 10.1. The number of carbonyl (C=O) groups is 1. The van der Waals surface area contributed by atoms with Crippen LogP contribution in [0.5, 0.6) is 0 Å². The summed E-state index contributed by atoms with van der Waals surface area (Å²) in [4.78, 5) is 11.3. The zero-order valence-electron chi connectivity index (χ0n) is 9.47. The van der Waals surface area contributed by atoms with Crippen molar-refractivity contribution in [2.24, 2.45) is 5.92 Å². The van der Waals surface area contributed by atoms with E-state index in [0.29, 0.717) is 12.5 Å². The van der Waals surface area contributed by atoms with Crippen LogP contribution in [0.3, 0.4) is 0 Å². The molecule has 0 aromatic carbocycles. The molecule has 3 heteroatoms. The number of rotatable bonds is 7. The molecule has 0 spiro atoms. The highest BCUT2D eigenvalue weighted by atomic mass is 16.1. The Morgan fingerprint density at radius 3 is 2.57 bits per heavy atom. The third kappa shape index (κ3) is 6.66. The van der Waals surface area contributed by atoms with Gasteiger partial charge in [-0.25, -0.2) is 0 Å². The Morgan fingerprint density at radius 2 is 2.07 bits per heavy atom. The summed E-state index contributed by atoms with van der Waals surface area (Å²) in [5.74, 6) is 0.544. The van der Waals surface area contributed by atoms with Gasteiger partial charge in [0.1, 0.15) is 0 Å². The molecule has 0 saturated carbocycles. The Labute approximate surface area is 87.0 Å². The topological polar surface area (TPSA) is 41.1 Å². The molecule has 0 aromatic heterocycles. The molecule has 0 heterocycles. The van der Waals surface area contributed by atoms with Crippen molar-refractivity contribution >= 4 is 5.91 Å². The van der Waals surface area contributed by atoms with E-state index in [2.05, 4.69) is 31.1 Å². The molecule has 82 valence electrons. The maximum absolute atomic E-state index is 11.3. The van der Waals surface area contributed by atoms with Crippen LogP contribution in [-0.2, 0) is 4.79 Å². The monoisotopic (exact) mass is 198 g/mol. The first-order valence-corrected chi connectivity index (χ1v) is 5.19. The largest absolute Gasteiger partial charge is 0.352 e. The average Bonchev–Trinajstić information content (AvgIpc) is 2.12. The van der Waals surface area contributed by atoms with Crippen molar-refractivity contribution in [2.45, 2.75) is 33.2 Å². The Kier molecular flexibility index (Phi) is 7.11.